The lowest BCUT2D eigenvalue weighted by Crippen LogP contribution is -2.39. The first-order valence-electron chi connectivity index (χ1n) is 8.28. The monoisotopic (exact) mass is 330 g/mol. The fraction of sp³-hybridized carbons (Fsp3) is 0.500. The number of likely N-dealkylation sites (tertiary alicyclic amines) is 1. The number of amides is 2. The molecule has 0 spiro atoms. The van der Waals surface area contributed by atoms with Crippen LogP contribution in [0.25, 0.3) is 0 Å². The highest BCUT2D eigenvalue weighted by Gasteiger charge is 2.42. The number of hydrogen-bond donors (Lipinski definition) is 1. The topological polar surface area (TPSA) is 77.9 Å². The van der Waals surface area contributed by atoms with Gasteiger partial charge in [0.2, 0.25) is 11.8 Å². The van der Waals surface area contributed by atoms with Crippen molar-refractivity contribution in [2.24, 2.45) is 11.8 Å². The van der Waals surface area contributed by atoms with Crippen molar-refractivity contribution in [3.05, 3.63) is 29.3 Å². The molecule has 0 saturated carbocycles. The van der Waals surface area contributed by atoms with Gasteiger partial charge in [-0.05, 0) is 49.9 Å². The Labute approximate surface area is 141 Å². The highest BCUT2D eigenvalue weighted by Crippen LogP contribution is 2.29. The molecule has 2 aliphatic heterocycles. The number of aliphatic carboxylic acids is 1. The Morgan fingerprint density at radius 2 is 1.88 bits per heavy atom. The summed E-state index contributed by atoms with van der Waals surface area (Å²) in [5.41, 5.74) is 3.09. The normalized spacial score (nSPS) is 23.8. The van der Waals surface area contributed by atoms with Gasteiger partial charge in [-0.1, -0.05) is 6.07 Å². The number of carboxylic acid groups (broad SMARTS) is 1. The van der Waals surface area contributed by atoms with E-state index in [1.165, 1.54) is 4.90 Å². The van der Waals surface area contributed by atoms with Crippen LogP contribution in [0.3, 0.4) is 0 Å². The summed E-state index contributed by atoms with van der Waals surface area (Å²) in [6.45, 7) is 5.17. The third-order valence-electron chi connectivity index (χ3n) is 5.15. The number of carboxylic acids is 1. The van der Waals surface area contributed by atoms with Gasteiger partial charge in [0.15, 0.2) is 0 Å². The Hall–Kier alpha value is -2.37. The molecule has 2 atom stereocenters. The lowest BCUT2D eigenvalue weighted by Gasteiger charge is -2.21. The standard InChI is InChI=1S/C18H22N2O4/c1-11-3-4-14(9-12(11)2)20-8-6-15(17(20)22)16(21)19-7-5-13(10-19)18(23)24/h3-4,9,13,15H,5-8,10H2,1-2H3,(H,23,24). The third kappa shape index (κ3) is 2.88. The van der Waals surface area contributed by atoms with Gasteiger partial charge in [-0.3, -0.25) is 14.4 Å². The number of anilines is 1. The molecule has 24 heavy (non-hydrogen) atoms. The van der Waals surface area contributed by atoms with Gasteiger partial charge in [-0.2, -0.15) is 0 Å². The smallest absolute Gasteiger partial charge is 0.308 e. The van der Waals surface area contributed by atoms with Crippen molar-refractivity contribution in [3.8, 4) is 0 Å². The van der Waals surface area contributed by atoms with Crippen LogP contribution in [0, 0.1) is 25.7 Å². The van der Waals surface area contributed by atoms with E-state index >= 15 is 0 Å². The predicted molar refractivity (Wildman–Crippen MR) is 88.7 cm³/mol. The molecule has 2 heterocycles. The first-order chi connectivity index (χ1) is 11.4. The van der Waals surface area contributed by atoms with Crippen molar-refractivity contribution in [2.45, 2.75) is 26.7 Å². The molecule has 6 nitrogen and oxygen atoms in total. The lowest BCUT2D eigenvalue weighted by molar-refractivity contribution is -0.142. The number of carbonyl (C=O) groups excluding carboxylic acids is 2. The Morgan fingerprint density at radius 1 is 1.12 bits per heavy atom. The van der Waals surface area contributed by atoms with E-state index in [1.807, 2.05) is 32.0 Å². The van der Waals surface area contributed by atoms with E-state index < -0.39 is 17.8 Å². The molecule has 3 rings (SSSR count). The first kappa shape index (κ1) is 16.5. The molecular weight excluding hydrogens is 308 g/mol. The van der Waals surface area contributed by atoms with Crippen LogP contribution in [-0.2, 0) is 14.4 Å². The zero-order valence-corrected chi connectivity index (χ0v) is 14.0. The van der Waals surface area contributed by atoms with Crippen molar-refractivity contribution in [1.29, 1.82) is 0 Å². The van der Waals surface area contributed by atoms with Crippen molar-refractivity contribution in [3.63, 3.8) is 0 Å². The molecule has 2 amide bonds. The molecule has 1 N–H and O–H groups in total. The molecule has 0 aliphatic carbocycles. The highest BCUT2D eigenvalue weighted by atomic mass is 16.4. The van der Waals surface area contributed by atoms with Gasteiger partial charge in [0.25, 0.3) is 0 Å². The molecule has 0 bridgehead atoms. The molecule has 0 radical (unpaired) electrons. The van der Waals surface area contributed by atoms with E-state index in [9.17, 15) is 14.4 Å². The number of carbonyl (C=O) groups is 3. The second kappa shape index (κ2) is 6.26. The fourth-order valence-electron chi connectivity index (χ4n) is 3.44. The van der Waals surface area contributed by atoms with Crippen LogP contribution in [0.5, 0.6) is 0 Å². The summed E-state index contributed by atoms with van der Waals surface area (Å²) < 4.78 is 0. The molecule has 128 valence electrons. The van der Waals surface area contributed by atoms with Crippen LogP contribution in [-0.4, -0.2) is 47.4 Å². The largest absolute Gasteiger partial charge is 0.481 e. The molecule has 2 unspecified atom stereocenters. The van der Waals surface area contributed by atoms with E-state index in [2.05, 4.69) is 0 Å². The second-order valence-electron chi connectivity index (χ2n) is 6.71. The molecule has 2 aliphatic rings. The zero-order chi connectivity index (χ0) is 17.4. The second-order valence-corrected chi connectivity index (χ2v) is 6.71. The minimum atomic E-state index is -0.875. The summed E-state index contributed by atoms with van der Waals surface area (Å²) in [7, 11) is 0. The average Bonchev–Trinajstić information content (AvgIpc) is 3.16. The summed E-state index contributed by atoms with van der Waals surface area (Å²) in [6.07, 6.45) is 0.946. The summed E-state index contributed by atoms with van der Waals surface area (Å²) in [5.74, 6) is -2.47. The van der Waals surface area contributed by atoms with Crippen LogP contribution in [0.2, 0.25) is 0 Å². The van der Waals surface area contributed by atoms with Crippen molar-refractivity contribution < 1.29 is 19.5 Å². The molecule has 1 aromatic carbocycles. The Kier molecular flexibility index (Phi) is 4.30. The number of benzene rings is 1. The summed E-state index contributed by atoms with van der Waals surface area (Å²) in [6, 6.07) is 5.85. The van der Waals surface area contributed by atoms with Gasteiger partial charge in [0.05, 0.1) is 5.92 Å². The maximum atomic E-state index is 12.7. The third-order valence-corrected chi connectivity index (χ3v) is 5.15. The van der Waals surface area contributed by atoms with E-state index in [0.717, 1.165) is 16.8 Å². The minimum absolute atomic E-state index is 0.179. The molecule has 0 aromatic heterocycles. The molecule has 2 saturated heterocycles. The van der Waals surface area contributed by atoms with Gasteiger partial charge in [0, 0.05) is 25.3 Å². The van der Waals surface area contributed by atoms with Gasteiger partial charge in [-0.15, -0.1) is 0 Å². The maximum Gasteiger partial charge on any atom is 0.308 e. The van der Waals surface area contributed by atoms with E-state index in [1.54, 1.807) is 4.90 Å². The number of hydrogen-bond acceptors (Lipinski definition) is 3. The van der Waals surface area contributed by atoms with Gasteiger partial charge in [-0.25, -0.2) is 0 Å². The van der Waals surface area contributed by atoms with Crippen LogP contribution in [0.1, 0.15) is 24.0 Å². The molecule has 1 aromatic rings. The first-order valence-corrected chi connectivity index (χ1v) is 8.28. The van der Waals surface area contributed by atoms with E-state index in [-0.39, 0.29) is 18.4 Å². The predicted octanol–water partition coefficient (Wildman–Crippen LogP) is 1.59. The van der Waals surface area contributed by atoms with Gasteiger partial charge < -0.3 is 14.9 Å². The summed E-state index contributed by atoms with van der Waals surface area (Å²) in [4.78, 5) is 39.5. The summed E-state index contributed by atoms with van der Waals surface area (Å²) >= 11 is 0. The Balaban J connectivity index is 1.71. The molecule has 2 fully saturated rings. The van der Waals surface area contributed by atoms with Crippen molar-refractivity contribution >= 4 is 23.5 Å². The van der Waals surface area contributed by atoms with Gasteiger partial charge in [0.1, 0.15) is 5.92 Å². The number of aryl methyl sites for hydroxylation is 2. The lowest BCUT2D eigenvalue weighted by atomic mass is 10.1. The van der Waals surface area contributed by atoms with Crippen LogP contribution < -0.4 is 4.90 Å². The maximum absolute atomic E-state index is 12.7. The fourth-order valence-corrected chi connectivity index (χ4v) is 3.44. The molecular formula is C18H22N2O4. The molecule has 6 heteroatoms. The minimum Gasteiger partial charge on any atom is -0.481 e. The van der Waals surface area contributed by atoms with E-state index in [4.69, 9.17) is 5.11 Å². The zero-order valence-electron chi connectivity index (χ0n) is 14.0. The SMILES string of the molecule is Cc1ccc(N2CCC(C(=O)N3CCC(C(=O)O)C3)C2=O)cc1C. The Bertz CT molecular complexity index is 700. The van der Waals surface area contributed by atoms with Gasteiger partial charge >= 0.3 is 5.97 Å². The average molecular weight is 330 g/mol. The number of rotatable bonds is 3. The van der Waals surface area contributed by atoms with Crippen LogP contribution in [0.15, 0.2) is 18.2 Å². The van der Waals surface area contributed by atoms with Crippen LogP contribution >= 0.6 is 0 Å². The van der Waals surface area contributed by atoms with E-state index in [0.29, 0.717) is 25.9 Å². The number of nitrogens with zero attached hydrogens (tertiary/aromatic N) is 2. The van der Waals surface area contributed by atoms with Crippen LogP contribution in [0.4, 0.5) is 5.69 Å². The Morgan fingerprint density at radius 3 is 2.50 bits per heavy atom. The van der Waals surface area contributed by atoms with Crippen molar-refractivity contribution in [2.75, 3.05) is 24.5 Å². The quantitative estimate of drug-likeness (QED) is 0.854. The summed E-state index contributed by atoms with van der Waals surface area (Å²) in [5, 5.41) is 9.06. The van der Waals surface area contributed by atoms with Crippen molar-refractivity contribution in [1.82, 2.24) is 4.90 Å². The highest BCUT2D eigenvalue weighted by molar-refractivity contribution is 6.09.